The quantitative estimate of drug-likeness (QED) is 0.195. The summed E-state index contributed by atoms with van der Waals surface area (Å²) < 4.78 is 4.70. The van der Waals surface area contributed by atoms with Gasteiger partial charge < -0.3 is 61.2 Å². The standard InChI is InChI=1S/C6H13NO5.C6H10O7/c7-3-5(10)4(9)2(1-8)12-6(3)11;7-1-2(8)3(9)4(10)5(11)6(12)13/h2-6,8-11H,1,7H2;1-5,8-11H,(H,12,13)/t2-,3-,4-,5-,6?;2-,3+,4-,5-/m10/s1. The average Bonchev–Trinajstić information content (AvgIpc) is 2.60. The van der Waals surface area contributed by atoms with E-state index >= 15 is 0 Å². The number of rotatable bonds is 6. The first kappa shape index (κ1) is 23.7. The number of aldehydes is 1. The lowest BCUT2D eigenvalue weighted by molar-refractivity contribution is -0.248. The molecule has 0 spiro atoms. The minimum Gasteiger partial charge on any atom is -0.479 e. The van der Waals surface area contributed by atoms with Gasteiger partial charge in [-0.05, 0) is 0 Å². The lowest BCUT2D eigenvalue weighted by Gasteiger charge is -2.38. The highest BCUT2D eigenvalue weighted by Crippen LogP contribution is 2.17. The molecule has 148 valence electrons. The lowest BCUT2D eigenvalue weighted by atomic mass is 9.98. The predicted octanol–water partition coefficient (Wildman–Crippen LogP) is -6.54. The van der Waals surface area contributed by atoms with Gasteiger partial charge in [0.05, 0.1) is 12.6 Å². The van der Waals surface area contributed by atoms with Gasteiger partial charge in [0.1, 0.15) is 36.6 Å². The Kier molecular flexibility index (Phi) is 10.1. The molecule has 25 heavy (non-hydrogen) atoms. The van der Waals surface area contributed by atoms with Gasteiger partial charge in [0.25, 0.3) is 0 Å². The van der Waals surface area contributed by atoms with Crippen molar-refractivity contribution >= 4 is 12.3 Å². The van der Waals surface area contributed by atoms with Crippen molar-refractivity contribution < 1.29 is 60.3 Å². The van der Waals surface area contributed by atoms with Crippen molar-refractivity contribution in [2.75, 3.05) is 6.61 Å². The number of hydrogen-bond acceptors (Lipinski definition) is 12. The average molecular weight is 373 g/mol. The molecule has 13 heteroatoms. The Labute approximate surface area is 141 Å². The number of carbonyl (C=O) groups excluding carboxylic acids is 1. The maximum absolute atomic E-state index is 10.1. The van der Waals surface area contributed by atoms with Crippen LogP contribution < -0.4 is 5.73 Å². The van der Waals surface area contributed by atoms with Crippen LogP contribution in [-0.4, -0.2) is 120 Å². The van der Waals surface area contributed by atoms with Crippen molar-refractivity contribution in [2.24, 2.45) is 5.73 Å². The molecule has 1 fully saturated rings. The monoisotopic (exact) mass is 373 g/mol. The third-order valence-corrected chi connectivity index (χ3v) is 3.36. The van der Waals surface area contributed by atoms with E-state index in [-0.39, 0.29) is 6.29 Å². The van der Waals surface area contributed by atoms with Gasteiger partial charge in [-0.3, -0.25) is 0 Å². The Morgan fingerprint density at radius 1 is 1.08 bits per heavy atom. The van der Waals surface area contributed by atoms with Crippen molar-refractivity contribution in [3.63, 3.8) is 0 Å². The summed E-state index contributed by atoms with van der Waals surface area (Å²) in [6.07, 6.45) is -13.2. The molecule has 1 saturated heterocycles. The number of carboxylic acid groups (broad SMARTS) is 1. The first-order valence-electron chi connectivity index (χ1n) is 6.96. The van der Waals surface area contributed by atoms with E-state index in [9.17, 15) is 19.8 Å². The highest BCUT2D eigenvalue weighted by Gasteiger charge is 2.41. The van der Waals surface area contributed by atoms with Crippen LogP contribution >= 0.6 is 0 Å². The molecule has 1 unspecified atom stereocenters. The van der Waals surface area contributed by atoms with Gasteiger partial charge in [0.15, 0.2) is 18.7 Å². The van der Waals surface area contributed by atoms with Gasteiger partial charge in [-0.25, -0.2) is 4.79 Å². The summed E-state index contributed by atoms with van der Waals surface area (Å²) in [5, 5.41) is 79.3. The van der Waals surface area contributed by atoms with E-state index < -0.39 is 67.6 Å². The zero-order chi connectivity index (χ0) is 19.9. The van der Waals surface area contributed by atoms with Crippen molar-refractivity contribution in [1.82, 2.24) is 0 Å². The SMILES string of the molecule is N[C@H]1C(O)O[C@H](CO)[C@@H](O)[C@@H]1O.O=C[C@H](O)[C@@H](O)[C@H](O)[C@H](O)C(=O)O. The van der Waals surface area contributed by atoms with E-state index in [0.717, 1.165) is 0 Å². The van der Waals surface area contributed by atoms with Gasteiger partial charge in [0.2, 0.25) is 0 Å². The van der Waals surface area contributed by atoms with E-state index in [1.165, 1.54) is 0 Å². The molecule has 0 bridgehead atoms. The molecule has 0 aliphatic carbocycles. The molecule has 0 radical (unpaired) electrons. The Balaban J connectivity index is 0.000000462. The van der Waals surface area contributed by atoms with Crippen LogP contribution in [0.25, 0.3) is 0 Å². The maximum Gasteiger partial charge on any atom is 0.335 e. The second-order valence-electron chi connectivity index (χ2n) is 5.20. The van der Waals surface area contributed by atoms with E-state index in [0.29, 0.717) is 0 Å². The number of aliphatic carboxylic acids is 1. The summed E-state index contributed by atoms with van der Waals surface area (Å²) in [4.78, 5) is 20.0. The van der Waals surface area contributed by atoms with E-state index in [1.807, 2.05) is 0 Å². The number of hydrogen-bond donors (Lipinski definition) is 10. The molecule has 0 amide bonds. The van der Waals surface area contributed by atoms with Crippen molar-refractivity contribution in [1.29, 1.82) is 0 Å². The van der Waals surface area contributed by atoms with Crippen LogP contribution in [-0.2, 0) is 14.3 Å². The molecule has 11 N–H and O–H groups in total. The van der Waals surface area contributed by atoms with Crippen LogP contribution in [0.15, 0.2) is 0 Å². The highest BCUT2D eigenvalue weighted by molar-refractivity contribution is 5.73. The first-order valence-corrected chi connectivity index (χ1v) is 6.96. The highest BCUT2D eigenvalue weighted by atomic mass is 16.6. The number of aliphatic hydroxyl groups excluding tert-OH is 8. The molecule has 0 aromatic heterocycles. The predicted molar refractivity (Wildman–Crippen MR) is 75.7 cm³/mol. The third-order valence-electron chi connectivity index (χ3n) is 3.36. The fourth-order valence-electron chi connectivity index (χ4n) is 1.73. The molecule has 1 heterocycles. The molecular weight excluding hydrogens is 350 g/mol. The molecule has 13 nitrogen and oxygen atoms in total. The molecule has 1 rings (SSSR count). The molecule has 0 aromatic carbocycles. The normalized spacial score (nSPS) is 34.0. The van der Waals surface area contributed by atoms with E-state index in [2.05, 4.69) is 0 Å². The Bertz CT molecular complexity index is 418. The smallest absolute Gasteiger partial charge is 0.335 e. The second-order valence-corrected chi connectivity index (χ2v) is 5.20. The number of ether oxygens (including phenoxy) is 1. The molecule has 9 atom stereocenters. The lowest BCUT2D eigenvalue weighted by Crippen LogP contribution is -2.61. The molecule has 0 aromatic rings. The van der Waals surface area contributed by atoms with Crippen molar-refractivity contribution in [3.05, 3.63) is 0 Å². The number of carboxylic acids is 1. The van der Waals surface area contributed by atoms with Gasteiger partial charge in [-0.1, -0.05) is 0 Å². The summed E-state index contributed by atoms with van der Waals surface area (Å²) in [6.45, 7) is -0.470. The first-order chi connectivity index (χ1) is 11.5. The molecule has 0 saturated carbocycles. The fourth-order valence-corrected chi connectivity index (χ4v) is 1.73. The Hall–Kier alpha value is -1.26. The second kappa shape index (κ2) is 10.7. The summed E-state index contributed by atoms with van der Waals surface area (Å²) in [6, 6.07) is -1.04. The molecule has 1 aliphatic heterocycles. The zero-order valence-corrected chi connectivity index (χ0v) is 12.8. The summed E-state index contributed by atoms with van der Waals surface area (Å²) in [5.41, 5.74) is 5.26. The Morgan fingerprint density at radius 2 is 1.60 bits per heavy atom. The van der Waals surface area contributed by atoms with Gasteiger partial charge in [0, 0.05) is 0 Å². The van der Waals surface area contributed by atoms with Crippen LogP contribution in [0.2, 0.25) is 0 Å². The van der Waals surface area contributed by atoms with Crippen LogP contribution in [0.3, 0.4) is 0 Å². The largest absolute Gasteiger partial charge is 0.479 e. The molecular formula is C12H23NO12. The van der Waals surface area contributed by atoms with Gasteiger partial charge >= 0.3 is 5.97 Å². The Morgan fingerprint density at radius 3 is 2.00 bits per heavy atom. The van der Waals surface area contributed by atoms with Gasteiger partial charge in [-0.15, -0.1) is 0 Å². The maximum atomic E-state index is 10.1. The van der Waals surface area contributed by atoms with Crippen LogP contribution in [0, 0.1) is 0 Å². The summed E-state index contributed by atoms with van der Waals surface area (Å²) in [5.74, 6) is -1.76. The van der Waals surface area contributed by atoms with E-state index in [1.54, 1.807) is 0 Å². The molecule has 1 aliphatic rings. The van der Waals surface area contributed by atoms with Crippen LogP contribution in [0.5, 0.6) is 0 Å². The van der Waals surface area contributed by atoms with Crippen molar-refractivity contribution in [3.8, 4) is 0 Å². The van der Waals surface area contributed by atoms with E-state index in [4.69, 9.17) is 46.2 Å². The fraction of sp³-hybridized carbons (Fsp3) is 0.833. The minimum absolute atomic E-state index is 0.0809. The topological polar surface area (TPSA) is 251 Å². The van der Waals surface area contributed by atoms with Crippen LogP contribution in [0.4, 0.5) is 0 Å². The summed E-state index contributed by atoms with van der Waals surface area (Å²) >= 11 is 0. The number of aliphatic hydroxyl groups is 8. The third kappa shape index (κ3) is 6.52. The number of nitrogens with two attached hydrogens (primary N) is 1. The van der Waals surface area contributed by atoms with Crippen molar-refractivity contribution in [2.45, 2.75) is 55.1 Å². The zero-order valence-electron chi connectivity index (χ0n) is 12.8. The minimum atomic E-state index is -2.25. The van der Waals surface area contributed by atoms with Gasteiger partial charge in [-0.2, -0.15) is 0 Å². The van der Waals surface area contributed by atoms with Crippen LogP contribution in [0.1, 0.15) is 0 Å². The number of carbonyl (C=O) groups is 2. The summed E-state index contributed by atoms with van der Waals surface area (Å²) in [7, 11) is 0.